The van der Waals surface area contributed by atoms with Crippen LogP contribution in [-0.2, 0) is 0 Å². The Kier molecular flexibility index (Phi) is 5.44. The van der Waals surface area contributed by atoms with E-state index < -0.39 is 5.97 Å². The first-order chi connectivity index (χ1) is 13.6. The average molecular weight is 378 g/mol. The molecule has 28 heavy (non-hydrogen) atoms. The number of rotatable bonds is 5. The van der Waals surface area contributed by atoms with Crippen LogP contribution in [0.5, 0.6) is 0 Å². The summed E-state index contributed by atoms with van der Waals surface area (Å²) in [4.78, 5) is 28.6. The van der Waals surface area contributed by atoms with E-state index in [1.165, 1.54) is 12.8 Å². The molecule has 0 bridgehead atoms. The molecule has 1 N–H and O–H groups in total. The lowest BCUT2D eigenvalue weighted by Gasteiger charge is -2.28. The second-order valence-corrected chi connectivity index (χ2v) is 7.76. The first-order valence-corrected chi connectivity index (χ1v) is 10.1. The molecule has 0 aromatic heterocycles. The van der Waals surface area contributed by atoms with Crippen molar-refractivity contribution in [3.8, 4) is 11.1 Å². The summed E-state index contributed by atoms with van der Waals surface area (Å²) in [5.74, 6) is -0.809. The van der Waals surface area contributed by atoms with Crippen molar-refractivity contribution in [2.24, 2.45) is 0 Å². The number of hydrogen-bond donors (Lipinski definition) is 1. The Balaban J connectivity index is 1.45. The van der Waals surface area contributed by atoms with Crippen LogP contribution in [0.3, 0.4) is 0 Å². The summed E-state index contributed by atoms with van der Waals surface area (Å²) < 4.78 is 0. The summed E-state index contributed by atoms with van der Waals surface area (Å²) in [5.41, 5.74) is 2.91. The number of hydrogen-bond acceptors (Lipinski definition) is 3. The maximum Gasteiger partial charge on any atom is 0.335 e. The van der Waals surface area contributed by atoms with Crippen molar-refractivity contribution in [3.63, 3.8) is 0 Å². The third-order valence-electron chi connectivity index (χ3n) is 5.90. The largest absolute Gasteiger partial charge is 0.478 e. The van der Waals surface area contributed by atoms with E-state index in [-0.39, 0.29) is 11.5 Å². The Morgan fingerprint density at radius 3 is 1.96 bits per heavy atom. The van der Waals surface area contributed by atoms with E-state index in [1.807, 2.05) is 24.3 Å². The minimum absolute atomic E-state index is 0.120. The zero-order valence-electron chi connectivity index (χ0n) is 16.0. The zero-order valence-corrected chi connectivity index (χ0v) is 16.0. The van der Waals surface area contributed by atoms with Gasteiger partial charge in [0.25, 0.3) is 5.91 Å². The van der Waals surface area contributed by atoms with Crippen LogP contribution in [0.15, 0.2) is 48.5 Å². The zero-order chi connectivity index (χ0) is 19.5. The maximum absolute atomic E-state index is 13.0. The number of nitrogens with zero attached hydrogens (tertiary/aromatic N) is 2. The molecule has 146 valence electrons. The smallest absolute Gasteiger partial charge is 0.335 e. The normalized spacial score (nSPS) is 19.9. The fraction of sp³-hybridized carbons (Fsp3) is 0.391. The van der Waals surface area contributed by atoms with Crippen molar-refractivity contribution in [1.29, 1.82) is 0 Å². The molecule has 2 saturated heterocycles. The monoisotopic (exact) mass is 378 g/mol. The van der Waals surface area contributed by atoms with Crippen molar-refractivity contribution in [2.75, 3.05) is 26.2 Å². The quantitative estimate of drug-likeness (QED) is 0.861. The van der Waals surface area contributed by atoms with Gasteiger partial charge in [0.1, 0.15) is 0 Å². The predicted octanol–water partition coefficient (Wildman–Crippen LogP) is 3.75. The molecule has 0 aliphatic carbocycles. The number of likely N-dealkylation sites (tertiary alicyclic amines) is 2. The minimum Gasteiger partial charge on any atom is -0.478 e. The number of benzene rings is 2. The van der Waals surface area contributed by atoms with E-state index in [9.17, 15) is 9.59 Å². The van der Waals surface area contributed by atoms with E-state index in [0.717, 1.165) is 55.7 Å². The van der Waals surface area contributed by atoms with Gasteiger partial charge in [-0.05, 0) is 74.2 Å². The van der Waals surface area contributed by atoms with Crippen LogP contribution < -0.4 is 0 Å². The van der Waals surface area contributed by atoms with Gasteiger partial charge in [-0.3, -0.25) is 4.79 Å². The summed E-state index contributed by atoms with van der Waals surface area (Å²) >= 11 is 0. The molecule has 2 aromatic rings. The molecule has 4 rings (SSSR count). The Labute approximate surface area is 165 Å². The van der Waals surface area contributed by atoms with Crippen molar-refractivity contribution >= 4 is 11.9 Å². The van der Waals surface area contributed by atoms with E-state index in [2.05, 4.69) is 9.80 Å². The number of amides is 1. The average Bonchev–Trinajstić information content (AvgIpc) is 3.40. The summed E-state index contributed by atoms with van der Waals surface area (Å²) in [6, 6.07) is 14.8. The second kappa shape index (κ2) is 8.15. The number of carbonyl (C=O) groups is 2. The van der Waals surface area contributed by atoms with Gasteiger partial charge >= 0.3 is 5.97 Å². The standard InChI is InChI=1S/C23H26N2O3/c26-22(25-15-3-4-21(25)16-24-13-1-2-14-24)19-9-5-17(6-10-19)18-7-11-20(12-8-18)23(27)28/h5-12,21H,1-4,13-16H2,(H,27,28)/t21-/m0/s1. The number of carboxylic acids is 1. The third kappa shape index (κ3) is 3.94. The van der Waals surface area contributed by atoms with Crippen molar-refractivity contribution in [1.82, 2.24) is 9.80 Å². The van der Waals surface area contributed by atoms with Crippen LogP contribution in [-0.4, -0.2) is 59.0 Å². The van der Waals surface area contributed by atoms with Crippen molar-refractivity contribution < 1.29 is 14.7 Å². The molecule has 0 radical (unpaired) electrons. The van der Waals surface area contributed by atoms with Gasteiger partial charge < -0.3 is 14.9 Å². The van der Waals surface area contributed by atoms with Gasteiger partial charge in [-0.25, -0.2) is 4.79 Å². The van der Waals surface area contributed by atoms with E-state index in [0.29, 0.717) is 6.04 Å². The fourth-order valence-electron chi connectivity index (χ4n) is 4.33. The third-order valence-corrected chi connectivity index (χ3v) is 5.90. The van der Waals surface area contributed by atoms with Crippen LogP contribution in [0.2, 0.25) is 0 Å². The Bertz CT molecular complexity index is 839. The molecule has 0 unspecified atom stereocenters. The van der Waals surface area contributed by atoms with Crippen LogP contribution in [0.1, 0.15) is 46.4 Å². The van der Waals surface area contributed by atoms with Gasteiger partial charge in [-0.2, -0.15) is 0 Å². The highest BCUT2D eigenvalue weighted by atomic mass is 16.4. The lowest BCUT2D eigenvalue weighted by Crippen LogP contribution is -2.42. The molecule has 5 nitrogen and oxygen atoms in total. The molecular formula is C23H26N2O3. The highest BCUT2D eigenvalue weighted by molar-refractivity contribution is 5.95. The molecular weight excluding hydrogens is 352 g/mol. The van der Waals surface area contributed by atoms with Crippen molar-refractivity contribution in [3.05, 3.63) is 59.7 Å². The van der Waals surface area contributed by atoms with Crippen LogP contribution in [0.25, 0.3) is 11.1 Å². The molecule has 2 aliphatic heterocycles. The molecule has 2 fully saturated rings. The van der Waals surface area contributed by atoms with Crippen molar-refractivity contribution in [2.45, 2.75) is 31.7 Å². The molecule has 0 saturated carbocycles. The van der Waals surface area contributed by atoms with Crippen LogP contribution in [0, 0.1) is 0 Å². The summed E-state index contributed by atoms with van der Waals surface area (Å²) in [7, 11) is 0. The lowest BCUT2D eigenvalue weighted by molar-refractivity contribution is 0.0692. The van der Waals surface area contributed by atoms with Gasteiger partial charge in [0.15, 0.2) is 0 Å². The van der Waals surface area contributed by atoms with Gasteiger partial charge in [0, 0.05) is 24.7 Å². The maximum atomic E-state index is 13.0. The number of carboxylic acid groups (broad SMARTS) is 1. The second-order valence-electron chi connectivity index (χ2n) is 7.76. The fourth-order valence-corrected chi connectivity index (χ4v) is 4.33. The minimum atomic E-state index is -0.929. The topological polar surface area (TPSA) is 60.9 Å². The number of carbonyl (C=O) groups excluding carboxylic acids is 1. The highest BCUT2D eigenvalue weighted by Crippen LogP contribution is 2.25. The summed E-state index contributed by atoms with van der Waals surface area (Å²) in [5, 5.41) is 9.01. The predicted molar refractivity (Wildman–Crippen MR) is 109 cm³/mol. The van der Waals surface area contributed by atoms with E-state index >= 15 is 0 Å². The lowest BCUT2D eigenvalue weighted by atomic mass is 10.0. The number of aromatic carboxylic acids is 1. The SMILES string of the molecule is O=C(O)c1ccc(-c2ccc(C(=O)N3CCC[C@H]3CN3CCCC3)cc2)cc1. The molecule has 2 aliphatic rings. The first kappa shape index (κ1) is 18.7. The Morgan fingerprint density at radius 2 is 1.39 bits per heavy atom. The highest BCUT2D eigenvalue weighted by Gasteiger charge is 2.31. The van der Waals surface area contributed by atoms with E-state index in [1.54, 1.807) is 24.3 Å². The van der Waals surface area contributed by atoms with Crippen LogP contribution in [0.4, 0.5) is 0 Å². The van der Waals surface area contributed by atoms with Gasteiger partial charge in [-0.15, -0.1) is 0 Å². The summed E-state index contributed by atoms with van der Waals surface area (Å²) in [6.45, 7) is 4.16. The molecule has 2 heterocycles. The Hall–Kier alpha value is -2.66. The van der Waals surface area contributed by atoms with Gasteiger partial charge in [-0.1, -0.05) is 24.3 Å². The van der Waals surface area contributed by atoms with Gasteiger partial charge in [0.05, 0.1) is 5.56 Å². The van der Waals surface area contributed by atoms with Crippen LogP contribution >= 0.6 is 0 Å². The molecule has 0 spiro atoms. The van der Waals surface area contributed by atoms with Gasteiger partial charge in [0.2, 0.25) is 0 Å². The molecule has 2 aromatic carbocycles. The molecule has 1 atom stereocenters. The molecule has 1 amide bonds. The molecule has 5 heteroatoms. The summed E-state index contributed by atoms with van der Waals surface area (Å²) in [6.07, 6.45) is 4.72. The first-order valence-electron chi connectivity index (χ1n) is 10.1. The van der Waals surface area contributed by atoms with E-state index in [4.69, 9.17) is 5.11 Å². The Morgan fingerprint density at radius 1 is 0.821 bits per heavy atom.